The van der Waals surface area contributed by atoms with Gasteiger partial charge in [0.1, 0.15) is 0 Å². The van der Waals surface area contributed by atoms with Gasteiger partial charge in [-0.15, -0.1) is 0 Å². The SMILES string of the molecule is O=C1Cc2cc([N+](=O)[O-])ccc2N1.O=P(Br)(Br)Br.O=[N+]([O-])c1ccc2[nH]c(Br)cc2c1. The van der Waals surface area contributed by atoms with Crippen LogP contribution in [0.5, 0.6) is 0 Å². The summed E-state index contributed by atoms with van der Waals surface area (Å²) in [6, 6.07) is 10.9. The van der Waals surface area contributed by atoms with E-state index < -0.39 is 13.1 Å². The Morgan fingerprint density at radius 1 is 0.935 bits per heavy atom. The lowest BCUT2D eigenvalue weighted by Crippen LogP contribution is -2.03. The summed E-state index contributed by atoms with van der Waals surface area (Å²) in [5, 5.41) is 24.3. The molecule has 2 N–H and O–H groups in total. The van der Waals surface area contributed by atoms with Crippen molar-refractivity contribution in [3.05, 3.63) is 72.9 Å². The molecule has 2 heterocycles. The molecule has 10 nitrogen and oxygen atoms in total. The van der Waals surface area contributed by atoms with Crippen molar-refractivity contribution in [2.45, 2.75) is 6.42 Å². The first kappa shape index (κ1) is 25.7. The first-order chi connectivity index (χ1) is 14.3. The van der Waals surface area contributed by atoms with E-state index in [0.717, 1.165) is 15.5 Å². The van der Waals surface area contributed by atoms with Crippen LogP contribution in [0.15, 0.2) is 47.1 Å². The monoisotopic (exact) mass is 702 g/mol. The third-order valence-electron chi connectivity index (χ3n) is 3.71. The molecule has 4 rings (SSSR count). The number of nitro benzene ring substituents is 2. The second-order valence-corrected chi connectivity index (χ2v) is 25.1. The van der Waals surface area contributed by atoms with E-state index in [-0.39, 0.29) is 23.7 Å². The highest BCUT2D eigenvalue weighted by Gasteiger charge is 2.20. The van der Waals surface area contributed by atoms with Gasteiger partial charge in [-0.2, -0.15) is 0 Å². The number of aromatic amines is 1. The predicted molar refractivity (Wildman–Crippen MR) is 132 cm³/mol. The number of carbonyl (C=O) groups is 1. The van der Waals surface area contributed by atoms with Crippen LogP contribution < -0.4 is 5.32 Å². The minimum absolute atomic E-state index is 0.0234. The maximum Gasteiger partial charge on any atom is 0.270 e. The molecule has 15 heteroatoms. The highest BCUT2D eigenvalue weighted by molar-refractivity contribution is 9.94. The van der Waals surface area contributed by atoms with Gasteiger partial charge < -0.3 is 10.3 Å². The molecule has 0 saturated heterocycles. The van der Waals surface area contributed by atoms with Gasteiger partial charge >= 0.3 is 0 Å². The highest BCUT2D eigenvalue weighted by atomic mass is 80.0. The zero-order valence-electron chi connectivity index (χ0n) is 15.1. The van der Waals surface area contributed by atoms with Gasteiger partial charge in [-0.25, -0.2) is 0 Å². The first-order valence-corrected chi connectivity index (χ1v) is 16.6. The Hall–Kier alpha value is -1.60. The minimum Gasteiger partial charge on any atom is -0.349 e. The third kappa shape index (κ3) is 8.45. The topological polar surface area (TPSA) is 148 Å². The summed E-state index contributed by atoms with van der Waals surface area (Å²) in [5.41, 5.74) is 2.39. The van der Waals surface area contributed by atoms with E-state index in [9.17, 15) is 29.6 Å². The highest BCUT2D eigenvalue weighted by Crippen LogP contribution is 2.68. The molecule has 1 aliphatic heterocycles. The van der Waals surface area contributed by atoms with Gasteiger partial charge in [-0.3, -0.25) is 29.6 Å². The lowest BCUT2D eigenvalue weighted by Gasteiger charge is -1.96. The predicted octanol–water partition coefficient (Wildman–Crippen LogP) is 7.21. The Balaban J connectivity index is 0.000000182. The van der Waals surface area contributed by atoms with Gasteiger partial charge in [0.2, 0.25) is 5.91 Å². The van der Waals surface area contributed by atoms with Crippen LogP contribution in [0, 0.1) is 20.2 Å². The molecule has 0 bridgehead atoms. The molecule has 164 valence electrons. The number of fused-ring (bicyclic) bond motifs is 2. The summed E-state index contributed by atoms with van der Waals surface area (Å²) in [7, 11) is 0. The summed E-state index contributed by atoms with van der Waals surface area (Å²) in [6.07, 6.45) is 0.233. The smallest absolute Gasteiger partial charge is 0.270 e. The van der Waals surface area contributed by atoms with Gasteiger partial charge in [-0.1, -0.05) is 0 Å². The summed E-state index contributed by atoms with van der Waals surface area (Å²) < 4.78 is 8.59. The second kappa shape index (κ2) is 10.8. The van der Waals surface area contributed by atoms with Crippen LogP contribution in [0.4, 0.5) is 17.1 Å². The standard InChI is InChI=1S/C8H5BrN2O2.C8H6N2O3.Br3OP/c9-8-4-5-3-6(11(12)13)1-2-7(5)10-8;11-8-4-5-3-6(10(12)13)1-2-7(5)9-8;1-5(2,3)4/h1-4,10H;1-3H,4H2,(H,9,11);. The molecule has 0 radical (unpaired) electrons. The van der Waals surface area contributed by atoms with Gasteiger partial charge in [0, 0.05) is 87.3 Å². The molecule has 0 atom stereocenters. The number of aromatic nitrogens is 1. The summed E-state index contributed by atoms with van der Waals surface area (Å²) in [6.45, 7) is 0. The second-order valence-electron chi connectivity index (χ2n) is 5.87. The van der Waals surface area contributed by atoms with Gasteiger partial charge in [0.25, 0.3) is 14.6 Å². The van der Waals surface area contributed by atoms with Crippen LogP contribution in [-0.4, -0.2) is 20.7 Å². The fourth-order valence-corrected chi connectivity index (χ4v) is 2.99. The Morgan fingerprint density at radius 3 is 2.06 bits per heavy atom. The quantitative estimate of drug-likeness (QED) is 0.164. The lowest BCUT2D eigenvalue weighted by atomic mass is 10.1. The summed E-state index contributed by atoms with van der Waals surface area (Å²) >= 11 is 11.6. The number of hydrogen-bond donors (Lipinski definition) is 2. The maximum absolute atomic E-state index is 10.9. The Bertz CT molecular complexity index is 1200. The minimum atomic E-state index is -2.20. The number of anilines is 1. The van der Waals surface area contributed by atoms with Crippen molar-refractivity contribution < 1.29 is 19.2 Å². The van der Waals surface area contributed by atoms with E-state index in [0.29, 0.717) is 11.3 Å². The normalized spacial score (nSPS) is 12.1. The molecule has 0 unspecified atom stereocenters. The number of rotatable bonds is 2. The van der Waals surface area contributed by atoms with E-state index in [1.54, 1.807) is 12.1 Å². The van der Waals surface area contributed by atoms with Crippen LogP contribution in [0.25, 0.3) is 10.9 Å². The Labute approximate surface area is 207 Å². The lowest BCUT2D eigenvalue weighted by molar-refractivity contribution is -0.385. The van der Waals surface area contributed by atoms with Crippen molar-refractivity contribution in [3.63, 3.8) is 0 Å². The number of nitro groups is 2. The molecule has 2 aromatic carbocycles. The van der Waals surface area contributed by atoms with Gasteiger partial charge in [-0.05, 0) is 39.7 Å². The fourth-order valence-electron chi connectivity index (χ4n) is 2.53. The number of hydrogen-bond acceptors (Lipinski definition) is 6. The van der Waals surface area contributed by atoms with E-state index in [1.165, 1.54) is 24.3 Å². The fraction of sp³-hybridized carbons (Fsp3) is 0.0625. The van der Waals surface area contributed by atoms with E-state index in [4.69, 9.17) is 0 Å². The van der Waals surface area contributed by atoms with Crippen LogP contribution in [0.3, 0.4) is 0 Å². The number of nitrogens with zero attached hydrogens (tertiary/aromatic N) is 2. The zero-order chi connectivity index (χ0) is 23.3. The molecule has 0 saturated carbocycles. The molecule has 3 aromatic rings. The number of non-ortho nitro benzene ring substituents is 2. The number of H-pyrrole nitrogens is 1. The van der Waals surface area contributed by atoms with Crippen molar-refractivity contribution in [1.29, 1.82) is 0 Å². The Kier molecular flexibility index (Phi) is 8.95. The molecule has 1 aromatic heterocycles. The van der Waals surface area contributed by atoms with Crippen LogP contribution in [0.1, 0.15) is 5.56 Å². The first-order valence-electron chi connectivity index (χ1n) is 8.02. The van der Waals surface area contributed by atoms with Crippen molar-refractivity contribution in [3.8, 4) is 0 Å². The van der Waals surface area contributed by atoms with Crippen molar-refractivity contribution >= 4 is 99.5 Å². The van der Waals surface area contributed by atoms with E-state index in [2.05, 4.69) is 72.7 Å². The zero-order valence-corrected chi connectivity index (χ0v) is 22.3. The van der Waals surface area contributed by atoms with Crippen molar-refractivity contribution in [1.82, 2.24) is 4.98 Å². The molecule has 0 aliphatic carbocycles. The summed E-state index contributed by atoms with van der Waals surface area (Å²) in [4.78, 5) is 33.9. The number of amides is 1. The molecular weight excluding hydrogens is 695 g/mol. The van der Waals surface area contributed by atoms with Crippen molar-refractivity contribution in [2.75, 3.05) is 5.32 Å². The average Bonchev–Trinajstić information content (AvgIpc) is 3.19. The van der Waals surface area contributed by atoms with Gasteiger partial charge in [0.15, 0.2) is 0 Å². The molecule has 1 aliphatic rings. The molecular formula is C16H11Br4N4O6P. The Morgan fingerprint density at radius 2 is 1.48 bits per heavy atom. The number of halogens is 4. The number of carbonyl (C=O) groups excluding carboxylic acids is 1. The van der Waals surface area contributed by atoms with Crippen LogP contribution in [0.2, 0.25) is 0 Å². The van der Waals surface area contributed by atoms with Crippen LogP contribution >= 0.6 is 65.6 Å². The van der Waals surface area contributed by atoms with E-state index >= 15 is 0 Å². The molecule has 0 fully saturated rings. The average molecular weight is 706 g/mol. The molecule has 31 heavy (non-hydrogen) atoms. The maximum atomic E-state index is 10.9. The van der Waals surface area contributed by atoms with E-state index in [1.807, 2.05) is 6.07 Å². The van der Waals surface area contributed by atoms with Crippen molar-refractivity contribution in [2.24, 2.45) is 0 Å². The van der Waals surface area contributed by atoms with Gasteiger partial charge in [0.05, 0.1) is 20.9 Å². The largest absolute Gasteiger partial charge is 0.349 e. The molecule has 1 amide bonds. The summed E-state index contributed by atoms with van der Waals surface area (Å²) in [5.74, 6) is -0.115. The van der Waals surface area contributed by atoms with Crippen LogP contribution in [-0.2, 0) is 15.8 Å². The number of nitrogens with one attached hydrogen (secondary N) is 2. The number of benzene rings is 2. The third-order valence-corrected chi connectivity index (χ3v) is 4.13. The molecule has 0 spiro atoms.